The molecule has 0 spiro atoms. The predicted molar refractivity (Wildman–Crippen MR) is 80.4 cm³/mol. The molecule has 2 aromatic carbocycles. The summed E-state index contributed by atoms with van der Waals surface area (Å²) in [5.74, 6) is 0. The van der Waals surface area contributed by atoms with E-state index in [0.29, 0.717) is 6.04 Å². The Morgan fingerprint density at radius 3 is 2.89 bits per heavy atom. The summed E-state index contributed by atoms with van der Waals surface area (Å²) >= 11 is 6.02. The second-order valence-electron chi connectivity index (χ2n) is 5.15. The van der Waals surface area contributed by atoms with Gasteiger partial charge >= 0.3 is 0 Å². The smallest absolute Gasteiger partial charge is 0.0409 e. The molecule has 0 saturated carbocycles. The molecule has 98 valence electrons. The summed E-state index contributed by atoms with van der Waals surface area (Å²) in [6, 6.07) is 17.3. The van der Waals surface area contributed by atoms with Gasteiger partial charge in [-0.25, -0.2) is 0 Å². The average Bonchev–Trinajstić information content (AvgIpc) is 2.45. The van der Waals surface area contributed by atoms with E-state index in [-0.39, 0.29) is 0 Å². The van der Waals surface area contributed by atoms with Gasteiger partial charge in [0.05, 0.1) is 0 Å². The van der Waals surface area contributed by atoms with Gasteiger partial charge in [0.15, 0.2) is 0 Å². The van der Waals surface area contributed by atoms with Crippen molar-refractivity contribution in [1.82, 2.24) is 5.32 Å². The topological polar surface area (TPSA) is 12.0 Å². The summed E-state index contributed by atoms with van der Waals surface area (Å²) in [7, 11) is 0. The second kappa shape index (κ2) is 5.77. The van der Waals surface area contributed by atoms with Crippen LogP contribution in [0.2, 0.25) is 5.02 Å². The summed E-state index contributed by atoms with van der Waals surface area (Å²) in [5, 5.41) is 4.47. The Morgan fingerprint density at radius 2 is 2.00 bits per heavy atom. The van der Waals surface area contributed by atoms with Crippen LogP contribution in [0.5, 0.6) is 0 Å². The standard InChI is InChI=1S/C17H18ClN/c18-15-8-3-5-13(11-15)12-19-17-10-4-7-14-6-1-2-9-16(14)17/h1-3,5-6,8-9,11,17,19H,4,7,10,12H2/t17-/m0/s1. The molecular formula is C17H18ClN. The monoisotopic (exact) mass is 271 g/mol. The molecular weight excluding hydrogens is 254 g/mol. The highest BCUT2D eigenvalue weighted by Gasteiger charge is 2.18. The highest BCUT2D eigenvalue weighted by molar-refractivity contribution is 6.30. The molecule has 1 N–H and O–H groups in total. The van der Waals surface area contributed by atoms with Crippen molar-refractivity contribution in [2.45, 2.75) is 31.8 Å². The summed E-state index contributed by atoms with van der Waals surface area (Å²) < 4.78 is 0. The van der Waals surface area contributed by atoms with Crippen LogP contribution < -0.4 is 5.32 Å². The minimum absolute atomic E-state index is 0.476. The summed E-state index contributed by atoms with van der Waals surface area (Å²) in [6.45, 7) is 0.875. The van der Waals surface area contributed by atoms with Gasteiger partial charge in [-0.2, -0.15) is 0 Å². The van der Waals surface area contributed by atoms with Crippen LogP contribution in [0.4, 0.5) is 0 Å². The molecule has 3 rings (SSSR count). The Bertz CT molecular complexity index is 565. The van der Waals surface area contributed by atoms with Crippen molar-refractivity contribution >= 4 is 11.6 Å². The number of fused-ring (bicyclic) bond motifs is 1. The lowest BCUT2D eigenvalue weighted by molar-refractivity contribution is 0.459. The van der Waals surface area contributed by atoms with Crippen molar-refractivity contribution in [2.24, 2.45) is 0 Å². The Kier molecular flexibility index (Phi) is 3.86. The summed E-state index contributed by atoms with van der Waals surface area (Å²) in [6.07, 6.45) is 3.70. The normalized spacial score (nSPS) is 18.1. The van der Waals surface area contributed by atoms with Crippen LogP contribution in [0.15, 0.2) is 48.5 Å². The van der Waals surface area contributed by atoms with E-state index >= 15 is 0 Å². The fourth-order valence-corrected chi connectivity index (χ4v) is 3.07. The third-order valence-corrected chi connectivity index (χ3v) is 4.05. The van der Waals surface area contributed by atoms with Crippen LogP contribution in [0, 0.1) is 0 Å². The quantitative estimate of drug-likeness (QED) is 0.866. The molecule has 0 heterocycles. The first-order chi connectivity index (χ1) is 9.33. The van der Waals surface area contributed by atoms with Gasteiger partial charge in [0.1, 0.15) is 0 Å². The van der Waals surface area contributed by atoms with E-state index in [1.54, 1.807) is 0 Å². The second-order valence-corrected chi connectivity index (χ2v) is 5.59. The highest BCUT2D eigenvalue weighted by atomic mass is 35.5. The van der Waals surface area contributed by atoms with Crippen molar-refractivity contribution in [2.75, 3.05) is 0 Å². The van der Waals surface area contributed by atoms with Gasteiger partial charge in [0, 0.05) is 17.6 Å². The third kappa shape index (κ3) is 2.99. The minimum atomic E-state index is 0.476. The van der Waals surface area contributed by atoms with E-state index < -0.39 is 0 Å². The van der Waals surface area contributed by atoms with E-state index in [2.05, 4.69) is 35.6 Å². The molecule has 0 saturated heterocycles. The largest absolute Gasteiger partial charge is 0.306 e. The van der Waals surface area contributed by atoms with Crippen LogP contribution in [-0.2, 0) is 13.0 Å². The molecule has 0 fully saturated rings. The Balaban J connectivity index is 1.71. The zero-order valence-corrected chi connectivity index (χ0v) is 11.7. The molecule has 2 heteroatoms. The molecule has 0 unspecified atom stereocenters. The van der Waals surface area contributed by atoms with Crippen LogP contribution >= 0.6 is 11.6 Å². The molecule has 0 aromatic heterocycles. The van der Waals surface area contributed by atoms with Gasteiger partial charge in [-0.05, 0) is 48.1 Å². The Morgan fingerprint density at radius 1 is 1.11 bits per heavy atom. The first-order valence-corrected chi connectivity index (χ1v) is 7.26. The van der Waals surface area contributed by atoms with Crippen molar-refractivity contribution in [3.63, 3.8) is 0 Å². The molecule has 0 aliphatic heterocycles. The summed E-state index contributed by atoms with van der Waals surface area (Å²) in [5.41, 5.74) is 4.21. The van der Waals surface area contributed by atoms with Crippen LogP contribution in [-0.4, -0.2) is 0 Å². The van der Waals surface area contributed by atoms with Crippen molar-refractivity contribution in [1.29, 1.82) is 0 Å². The van der Waals surface area contributed by atoms with Crippen molar-refractivity contribution in [3.8, 4) is 0 Å². The number of aryl methyl sites for hydroxylation is 1. The lowest BCUT2D eigenvalue weighted by atomic mass is 9.87. The average molecular weight is 272 g/mol. The van der Waals surface area contributed by atoms with Crippen molar-refractivity contribution in [3.05, 3.63) is 70.2 Å². The van der Waals surface area contributed by atoms with Crippen LogP contribution in [0.25, 0.3) is 0 Å². The number of hydrogen-bond donors (Lipinski definition) is 1. The number of hydrogen-bond acceptors (Lipinski definition) is 1. The number of halogens is 1. The van der Waals surface area contributed by atoms with Gasteiger partial charge < -0.3 is 5.32 Å². The molecule has 0 radical (unpaired) electrons. The van der Waals surface area contributed by atoms with E-state index in [9.17, 15) is 0 Å². The van der Waals surface area contributed by atoms with E-state index in [4.69, 9.17) is 11.6 Å². The maximum atomic E-state index is 6.02. The fourth-order valence-electron chi connectivity index (χ4n) is 2.85. The van der Waals surface area contributed by atoms with Crippen LogP contribution in [0.3, 0.4) is 0 Å². The predicted octanol–water partition coefficient (Wildman–Crippen LogP) is 4.51. The molecule has 0 amide bonds. The van der Waals surface area contributed by atoms with E-state index in [0.717, 1.165) is 11.6 Å². The maximum Gasteiger partial charge on any atom is 0.0409 e. The van der Waals surface area contributed by atoms with E-state index in [1.807, 2.05) is 18.2 Å². The SMILES string of the molecule is Clc1cccc(CN[C@H]2CCCc3ccccc32)c1. The highest BCUT2D eigenvalue weighted by Crippen LogP contribution is 2.29. The Labute approximate surface area is 119 Å². The molecule has 19 heavy (non-hydrogen) atoms. The van der Waals surface area contributed by atoms with Gasteiger partial charge in [-0.15, -0.1) is 0 Å². The number of rotatable bonds is 3. The van der Waals surface area contributed by atoms with Crippen LogP contribution in [0.1, 0.15) is 35.6 Å². The molecule has 1 aliphatic carbocycles. The molecule has 1 atom stereocenters. The van der Waals surface area contributed by atoms with Crippen molar-refractivity contribution < 1.29 is 0 Å². The number of benzene rings is 2. The summed E-state index contributed by atoms with van der Waals surface area (Å²) in [4.78, 5) is 0. The third-order valence-electron chi connectivity index (χ3n) is 3.81. The van der Waals surface area contributed by atoms with Gasteiger partial charge in [-0.3, -0.25) is 0 Å². The first-order valence-electron chi connectivity index (χ1n) is 6.88. The zero-order chi connectivity index (χ0) is 13.1. The lowest BCUT2D eigenvalue weighted by Gasteiger charge is -2.26. The zero-order valence-electron chi connectivity index (χ0n) is 10.9. The van der Waals surface area contributed by atoms with Gasteiger partial charge in [0.2, 0.25) is 0 Å². The number of nitrogens with one attached hydrogen (secondary N) is 1. The first kappa shape index (κ1) is 12.7. The minimum Gasteiger partial charge on any atom is -0.306 e. The fraction of sp³-hybridized carbons (Fsp3) is 0.294. The molecule has 1 nitrogen and oxygen atoms in total. The Hall–Kier alpha value is -1.31. The van der Waals surface area contributed by atoms with Gasteiger partial charge in [-0.1, -0.05) is 48.0 Å². The van der Waals surface area contributed by atoms with E-state index in [1.165, 1.54) is 36.0 Å². The molecule has 0 bridgehead atoms. The van der Waals surface area contributed by atoms with Gasteiger partial charge in [0.25, 0.3) is 0 Å². The molecule has 2 aromatic rings. The lowest BCUT2D eigenvalue weighted by Crippen LogP contribution is -2.24. The molecule has 1 aliphatic rings. The maximum absolute atomic E-state index is 6.02.